The molecule has 2 aromatic heterocycles. The maximum atomic E-state index is 10.6. The molecule has 0 unspecified atom stereocenters. The number of H-pyrrole nitrogens is 2. The zero-order valence-electron chi connectivity index (χ0n) is 7.29. The number of hydrogen-bond acceptors (Lipinski definition) is 1. The van der Waals surface area contributed by atoms with Gasteiger partial charge in [-0.25, -0.2) is 0 Å². The summed E-state index contributed by atoms with van der Waals surface area (Å²) in [5, 5.41) is 0. The number of aryl methyl sites for hydroxylation is 1. The number of aromatic amines is 2. The van der Waals surface area contributed by atoms with Crippen molar-refractivity contribution in [2.24, 2.45) is 0 Å². The molecule has 0 radical (unpaired) electrons. The highest BCUT2D eigenvalue weighted by molar-refractivity contribution is 5.77. The van der Waals surface area contributed by atoms with E-state index in [-0.39, 0.29) is 0 Å². The molecule has 2 rings (SSSR count). The molecule has 0 amide bonds. The summed E-state index contributed by atoms with van der Waals surface area (Å²) in [5.74, 6) is 0. The summed E-state index contributed by atoms with van der Waals surface area (Å²) in [7, 11) is 0. The van der Waals surface area contributed by atoms with Crippen molar-refractivity contribution >= 4 is 6.29 Å². The summed E-state index contributed by atoms with van der Waals surface area (Å²) in [5.41, 5.74) is 3.56. The van der Waals surface area contributed by atoms with Crippen molar-refractivity contribution in [3.05, 3.63) is 35.7 Å². The number of rotatable bonds is 2. The SMILES string of the molecule is Cc1cc(-c2ccc[nH]2)[nH]c1C=O. The molecule has 0 atom stereocenters. The van der Waals surface area contributed by atoms with Crippen molar-refractivity contribution in [1.82, 2.24) is 9.97 Å². The molecule has 2 heterocycles. The monoisotopic (exact) mass is 174 g/mol. The van der Waals surface area contributed by atoms with E-state index < -0.39 is 0 Å². The van der Waals surface area contributed by atoms with Crippen LogP contribution < -0.4 is 0 Å². The maximum absolute atomic E-state index is 10.6. The average Bonchev–Trinajstić information content (AvgIpc) is 2.71. The van der Waals surface area contributed by atoms with E-state index in [9.17, 15) is 4.79 Å². The van der Waals surface area contributed by atoms with Crippen LogP contribution in [0.15, 0.2) is 24.4 Å². The molecule has 3 heteroatoms. The van der Waals surface area contributed by atoms with Gasteiger partial charge in [0, 0.05) is 6.20 Å². The third-order valence-electron chi connectivity index (χ3n) is 2.06. The van der Waals surface area contributed by atoms with Gasteiger partial charge in [0.1, 0.15) is 0 Å². The van der Waals surface area contributed by atoms with Gasteiger partial charge in [0.05, 0.1) is 17.1 Å². The first-order valence-electron chi connectivity index (χ1n) is 4.10. The van der Waals surface area contributed by atoms with E-state index in [0.717, 1.165) is 23.2 Å². The Morgan fingerprint density at radius 2 is 2.23 bits per heavy atom. The van der Waals surface area contributed by atoms with Crippen LogP contribution in [0.5, 0.6) is 0 Å². The molecule has 0 bridgehead atoms. The highest BCUT2D eigenvalue weighted by Gasteiger charge is 2.04. The smallest absolute Gasteiger partial charge is 0.166 e. The Morgan fingerprint density at radius 3 is 2.77 bits per heavy atom. The number of hydrogen-bond donors (Lipinski definition) is 2. The van der Waals surface area contributed by atoms with Gasteiger partial charge in [0.2, 0.25) is 0 Å². The minimum atomic E-state index is 0.643. The zero-order chi connectivity index (χ0) is 9.26. The van der Waals surface area contributed by atoms with E-state index >= 15 is 0 Å². The molecule has 0 fully saturated rings. The summed E-state index contributed by atoms with van der Waals surface area (Å²) in [6, 6.07) is 5.83. The summed E-state index contributed by atoms with van der Waals surface area (Å²) in [6.45, 7) is 1.91. The number of carbonyl (C=O) groups excluding carboxylic acids is 1. The summed E-state index contributed by atoms with van der Waals surface area (Å²) >= 11 is 0. The highest BCUT2D eigenvalue weighted by Crippen LogP contribution is 2.18. The predicted octanol–water partition coefficient (Wildman–Crippen LogP) is 2.13. The van der Waals surface area contributed by atoms with Gasteiger partial charge < -0.3 is 9.97 Å². The predicted molar refractivity (Wildman–Crippen MR) is 50.7 cm³/mol. The van der Waals surface area contributed by atoms with Gasteiger partial charge in [-0.1, -0.05) is 0 Å². The number of nitrogens with one attached hydrogen (secondary N) is 2. The minimum absolute atomic E-state index is 0.643. The maximum Gasteiger partial charge on any atom is 0.166 e. The third kappa shape index (κ3) is 1.28. The number of aromatic nitrogens is 2. The Bertz CT molecular complexity index is 412. The van der Waals surface area contributed by atoms with Crippen molar-refractivity contribution in [2.75, 3.05) is 0 Å². The molecular weight excluding hydrogens is 164 g/mol. The van der Waals surface area contributed by atoms with Crippen LogP contribution in [0.25, 0.3) is 11.4 Å². The molecule has 0 aliphatic rings. The topological polar surface area (TPSA) is 48.6 Å². The lowest BCUT2D eigenvalue weighted by Crippen LogP contribution is -1.81. The molecule has 2 aromatic rings. The van der Waals surface area contributed by atoms with Crippen molar-refractivity contribution in [2.45, 2.75) is 6.92 Å². The Labute approximate surface area is 75.8 Å². The van der Waals surface area contributed by atoms with E-state index in [1.54, 1.807) is 0 Å². The van der Waals surface area contributed by atoms with E-state index in [4.69, 9.17) is 0 Å². The van der Waals surface area contributed by atoms with Crippen LogP contribution in [0.1, 0.15) is 16.1 Å². The van der Waals surface area contributed by atoms with E-state index in [1.165, 1.54) is 0 Å². The second-order valence-corrected chi connectivity index (χ2v) is 2.98. The number of aldehydes is 1. The first kappa shape index (κ1) is 7.86. The van der Waals surface area contributed by atoms with Gasteiger partial charge in [0.15, 0.2) is 6.29 Å². The van der Waals surface area contributed by atoms with Crippen molar-refractivity contribution in [3.63, 3.8) is 0 Å². The Hall–Kier alpha value is -1.77. The Balaban J connectivity index is 2.48. The van der Waals surface area contributed by atoms with Gasteiger partial charge in [0.25, 0.3) is 0 Å². The largest absolute Gasteiger partial charge is 0.360 e. The molecule has 0 aliphatic heterocycles. The lowest BCUT2D eigenvalue weighted by atomic mass is 10.2. The standard InChI is InChI=1S/C10H10N2O/c1-7-5-9(12-10(7)6-13)8-3-2-4-11-8/h2-6,11-12H,1H3. The molecule has 0 spiro atoms. The van der Waals surface area contributed by atoms with E-state index in [0.29, 0.717) is 5.69 Å². The second kappa shape index (κ2) is 2.94. The van der Waals surface area contributed by atoms with Gasteiger partial charge in [-0.2, -0.15) is 0 Å². The average molecular weight is 174 g/mol. The van der Waals surface area contributed by atoms with Crippen molar-refractivity contribution in [3.8, 4) is 11.4 Å². The van der Waals surface area contributed by atoms with E-state index in [1.807, 2.05) is 31.3 Å². The van der Waals surface area contributed by atoms with Crippen molar-refractivity contribution in [1.29, 1.82) is 0 Å². The molecule has 3 nitrogen and oxygen atoms in total. The van der Waals surface area contributed by atoms with Gasteiger partial charge >= 0.3 is 0 Å². The molecule has 13 heavy (non-hydrogen) atoms. The van der Waals surface area contributed by atoms with Crippen LogP contribution in [0, 0.1) is 6.92 Å². The molecule has 66 valence electrons. The lowest BCUT2D eigenvalue weighted by molar-refractivity contribution is 0.111. The van der Waals surface area contributed by atoms with Crippen LogP contribution in [-0.2, 0) is 0 Å². The van der Waals surface area contributed by atoms with Crippen LogP contribution in [0.3, 0.4) is 0 Å². The fourth-order valence-electron chi connectivity index (χ4n) is 1.34. The first-order valence-corrected chi connectivity index (χ1v) is 4.10. The van der Waals surface area contributed by atoms with Crippen molar-refractivity contribution < 1.29 is 4.79 Å². The van der Waals surface area contributed by atoms with Crippen LogP contribution in [-0.4, -0.2) is 16.3 Å². The third-order valence-corrected chi connectivity index (χ3v) is 2.06. The summed E-state index contributed by atoms with van der Waals surface area (Å²) in [4.78, 5) is 16.7. The fraction of sp³-hybridized carbons (Fsp3) is 0.100. The van der Waals surface area contributed by atoms with Gasteiger partial charge in [-0.3, -0.25) is 4.79 Å². The van der Waals surface area contributed by atoms with Crippen LogP contribution in [0.4, 0.5) is 0 Å². The minimum Gasteiger partial charge on any atom is -0.360 e. The highest BCUT2D eigenvalue weighted by atomic mass is 16.1. The molecule has 0 saturated heterocycles. The zero-order valence-corrected chi connectivity index (χ0v) is 7.29. The van der Waals surface area contributed by atoms with Gasteiger partial charge in [-0.15, -0.1) is 0 Å². The van der Waals surface area contributed by atoms with Gasteiger partial charge in [-0.05, 0) is 30.7 Å². The Kier molecular flexibility index (Phi) is 1.77. The quantitative estimate of drug-likeness (QED) is 0.673. The van der Waals surface area contributed by atoms with Crippen LogP contribution in [0.2, 0.25) is 0 Å². The Morgan fingerprint density at radius 1 is 1.38 bits per heavy atom. The molecule has 0 saturated carbocycles. The molecular formula is C10H10N2O. The first-order chi connectivity index (χ1) is 6.31. The fourth-order valence-corrected chi connectivity index (χ4v) is 1.34. The second-order valence-electron chi connectivity index (χ2n) is 2.98. The normalized spacial score (nSPS) is 10.2. The van der Waals surface area contributed by atoms with Crippen LogP contribution >= 0.6 is 0 Å². The molecule has 0 aromatic carbocycles. The summed E-state index contributed by atoms with van der Waals surface area (Å²) in [6.07, 6.45) is 2.69. The number of carbonyl (C=O) groups is 1. The molecule has 2 N–H and O–H groups in total. The van der Waals surface area contributed by atoms with E-state index in [2.05, 4.69) is 9.97 Å². The lowest BCUT2D eigenvalue weighted by Gasteiger charge is -1.89. The molecule has 0 aliphatic carbocycles. The summed E-state index contributed by atoms with van der Waals surface area (Å²) < 4.78 is 0.